The highest BCUT2D eigenvalue weighted by atomic mass is 16.5. The van der Waals surface area contributed by atoms with Gasteiger partial charge in [0.2, 0.25) is 11.7 Å². The summed E-state index contributed by atoms with van der Waals surface area (Å²) < 4.78 is 7.38. The van der Waals surface area contributed by atoms with Crippen LogP contribution in [0, 0.1) is 6.92 Å². The van der Waals surface area contributed by atoms with E-state index >= 15 is 0 Å². The summed E-state index contributed by atoms with van der Waals surface area (Å²) in [6.07, 6.45) is 6.29. The van der Waals surface area contributed by atoms with Crippen LogP contribution in [0.2, 0.25) is 0 Å². The minimum Gasteiger partial charge on any atom is -0.339 e. The van der Waals surface area contributed by atoms with Crippen molar-refractivity contribution in [3.8, 4) is 11.4 Å². The molecule has 0 bridgehead atoms. The molecule has 0 saturated carbocycles. The molecular weight excluding hydrogens is 290 g/mol. The topological polar surface area (TPSA) is 68.8 Å². The molecule has 0 aliphatic heterocycles. The first-order chi connectivity index (χ1) is 11.2. The lowest BCUT2D eigenvalue weighted by molar-refractivity contribution is 0.371. The molecular formula is C17H21N5O. The maximum atomic E-state index is 5.32. The van der Waals surface area contributed by atoms with Crippen LogP contribution in [0.3, 0.4) is 0 Å². The number of hydrogen-bond donors (Lipinski definition) is 1. The van der Waals surface area contributed by atoms with Crippen LogP contribution < -0.4 is 5.32 Å². The van der Waals surface area contributed by atoms with Gasteiger partial charge in [0.05, 0.1) is 6.33 Å². The highest BCUT2D eigenvalue weighted by Crippen LogP contribution is 2.16. The van der Waals surface area contributed by atoms with Crippen LogP contribution in [0.25, 0.3) is 11.4 Å². The molecule has 2 heterocycles. The Morgan fingerprint density at radius 2 is 2.09 bits per heavy atom. The zero-order valence-corrected chi connectivity index (χ0v) is 13.4. The van der Waals surface area contributed by atoms with Crippen molar-refractivity contribution in [2.24, 2.45) is 0 Å². The fourth-order valence-corrected chi connectivity index (χ4v) is 2.38. The van der Waals surface area contributed by atoms with E-state index in [0.29, 0.717) is 24.2 Å². The average Bonchev–Trinajstić information content (AvgIpc) is 3.20. The van der Waals surface area contributed by atoms with Gasteiger partial charge in [0.25, 0.3) is 0 Å². The van der Waals surface area contributed by atoms with Crippen molar-refractivity contribution in [3.63, 3.8) is 0 Å². The Kier molecular flexibility index (Phi) is 4.83. The number of nitrogens with zero attached hydrogens (tertiary/aromatic N) is 4. The quantitative estimate of drug-likeness (QED) is 0.726. The molecule has 0 aliphatic carbocycles. The maximum Gasteiger partial charge on any atom is 0.228 e. The number of aryl methyl sites for hydroxylation is 1. The summed E-state index contributed by atoms with van der Waals surface area (Å²) in [4.78, 5) is 8.49. The van der Waals surface area contributed by atoms with Gasteiger partial charge in [0.15, 0.2) is 0 Å². The molecule has 6 heteroatoms. The molecule has 0 radical (unpaired) electrons. The van der Waals surface area contributed by atoms with Crippen LogP contribution in [0.1, 0.15) is 18.4 Å². The molecule has 1 N–H and O–H groups in total. The number of benzene rings is 1. The molecule has 3 aromatic rings. The zero-order chi connectivity index (χ0) is 16.1. The fourth-order valence-electron chi connectivity index (χ4n) is 2.38. The smallest absolute Gasteiger partial charge is 0.228 e. The molecule has 0 amide bonds. The van der Waals surface area contributed by atoms with Crippen LogP contribution in [0.5, 0.6) is 0 Å². The largest absolute Gasteiger partial charge is 0.339 e. The van der Waals surface area contributed by atoms with Gasteiger partial charge in [-0.3, -0.25) is 0 Å². The van der Waals surface area contributed by atoms with E-state index < -0.39 is 0 Å². The second-order valence-corrected chi connectivity index (χ2v) is 5.74. The van der Waals surface area contributed by atoms with Crippen molar-refractivity contribution in [2.45, 2.75) is 32.9 Å². The number of imidazole rings is 1. The number of aromatic nitrogens is 4. The monoisotopic (exact) mass is 311 g/mol. The van der Waals surface area contributed by atoms with Crippen molar-refractivity contribution in [1.82, 2.24) is 25.0 Å². The Balaban J connectivity index is 1.48. The lowest BCUT2D eigenvalue weighted by atomic mass is 10.1. The van der Waals surface area contributed by atoms with Gasteiger partial charge in [-0.15, -0.1) is 0 Å². The van der Waals surface area contributed by atoms with Crippen LogP contribution in [0.4, 0.5) is 0 Å². The van der Waals surface area contributed by atoms with E-state index in [1.54, 1.807) is 6.20 Å². The Morgan fingerprint density at radius 3 is 2.83 bits per heavy atom. The first kappa shape index (κ1) is 15.4. The SMILES string of the molecule is Cc1ccc(-c2noc(CCN[C@H](C)Cn3ccnc3)n2)cc1. The predicted octanol–water partition coefficient (Wildman–Crippen LogP) is 2.46. The van der Waals surface area contributed by atoms with Crippen LogP contribution in [-0.4, -0.2) is 32.3 Å². The van der Waals surface area contributed by atoms with E-state index in [9.17, 15) is 0 Å². The van der Waals surface area contributed by atoms with Crippen molar-refractivity contribution >= 4 is 0 Å². The molecule has 2 aromatic heterocycles. The zero-order valence-electron chi connectivity index (χ0n) is 13.4. The Morgan fingerprint density at radius 1 is 1.26 bits per heavy atom. The Bertz CT molecular complexity index is 718. The van der Waals surface area contributed by atoms with Crippen LogP contribution in [0.15, 0.2) is 47.5 Å². The van der Waals surface area contributed by atoms with E-state index in [4.69, 9.17) is 4.52 Å². The number of nitrogens with one attached hydrogen (secondary N) is 1. The van der Waals surface area contributed by atoms with E-state index in [1.807, 2.05) is 36.8 Å². The Hall–Kier alpha value is -2.47. The molecule has 6 nitrogen and oxygen atoms in total. The summed E-state index contributed by atoms with van der Waals surface area (Å²) in [6, 6.07) is 8.46. The summed E-state index contributed by atoms with van der Waals surface area (Å²) in [6.45, 7) is 5.89. The van der Waals surface area contributed by atoms with E-state index in [-0.39, 0.29) is 0 Å². The van der Waals surface area contributed by atoms with Gasteiger partial charge in [-0.2, -0.15) is 4.98 Å². The molecule has 0 saturated heterocycles. The Labute approximate surface area is 135 Å². The summed E-state index contributed by atoms with van der Waals surface area (Å²) >= 11 is 0. The van der Waals surface area contributed by atoms with Crippen molar-refractivity contribution in [3.05, 3.63) is 54.4 Å². The summed E-state index contributed by atoms with van der Waals surface area (Å²) in [5.41, 5.74) is 2.19. The molecule has 0 spiro atoms. The molecule has 0 fully saturated rings. The van der Waals surface area contributed by atoms with E-state index in [2.05, 4.69) is 38.9 Å². The molecule has 0 unspecified atom stereocenters. The van der Waals surface area contributed by atoms with Crippen molar-refractivity contribution < 1.29 is 4.52 Å². The van der Waals surface area contributed by atoms with Gasteiger partial charge >= 0.3 is 0 Å². The van der Waals surface area contributed by atoms with Gasteiger partial charge in [0, 0.05) is 43.5 Å². The van der Waals surface area contributed by atoms with Gasteiger partial charge < -0.3 is 14.4 Å². The van der Waals surface area contributed by atoms with Crippen LogP contribution >= 0.6 is 0 Å². The average molecular weight is 311 g/mol. The maximum absolute atomic E-state index is 5.32. The first-order valence-corrected chi connectivity index (χ1v) is 7.79. The lowest BCUT2D eigenvalue weighted by Crippen LogP contribution is -2.31. The molecule has 1 aromatic carbocycles. The predicted molar refractivity (Wildman–Crippen MR) is 87.9 cm³/mol. The molecule has 23 heavy (non-hydrogen) atoms. The number of hydrogen-bond acceptors (Lipinski definition) is 5. The highest BCUT2D eigenvalue weighted by molar-refractivity contribution is 5.54. The molecule has 0 aliphatic rings. The summed E-state index contributed by atoms with van der Waals surface area (Å²) in [7, 11) is 0. The normalized spacial score (nSPS) is 12.4. The second kappa shape index (κ2) is 7.19. The second-order valence-electron chi connectivity index (χ2n) is 5.74. The summed E-state index contributed by atoms with van der Waals surface area (Å²) in [5, 5.41) is 7.50. The fraction of sp³-hybridized carbons (Fsp3) is 0.353. The van der Waals surface area contributed by atoms with Crippen molar-refractivity contribution in [1.29, 1.82) is 0 Å². The third-order valence-electron chi connectivity index (χ3n) is 3.65. The molecule has 3 rings (SSSR count). The van der Waals surface area contributed by atoms with Gasteiger partial charge in [-0.1, -0.05) is 35.0 Å². The third-order valence-corrected chi connectivity index (χ3v) is 3.65. The summed E-state index contributed by atoms with van der Waals surface area (Å²) in [5.74, 6) is 1.30. The van der Waals surface area contributed by atoms with Gasteiger partial charge in [-0.05, 0) is 13.8 Å². The lowest BCUT2D eigenvalue weighted by Gasteiger charge is -2.13. The van der Waals surface area contributed by atoms with Gasteiger partial charge in [-0.25, -0.2) is 4.98 Å². The minimum absolute atomic E-state index is 0.351. The third kappa shape index (κ3) is 4.26. The minimum atomic E-state index is 0.351. The number of rotatable bonds is 7. The van der Waals surface area contributed by atoms with E-state index in [1.165, 1.54) is 5.56 Å². The van der Waals surface area contributed by atoms with Crippen LogP contribution in [-0.2, 0) is 13.0 Å². The molecule has 1 atom stereocenters. The molecule has 120 valence electrons. The van der Waals surface area contributed by atoms with Gasteiger partial charge in [0.1, 0.15) is 0 Å². The van der Waals surface area contributed by atoms with Crippen molar-refractivity contribution in [2.75, 3.05) is 6.54 Å². The van der Waals surface area contributed by atoms with E-state index in [0.717, 1.165) is 18.7 Å². The first-order valence-electron chi connectivity index (χ1n) is 7.79. The highest BCUT2D eigenvalue weighted by Gasteiger charge is 2.09. The standard InChI is InChI=1S/C17H21N5O/c1-13-3-5-15(6-4-13)17-20-16(23-21-17)7-8-19-14(2)11-22-10-9-18-12-22/h3-6,9-10,12,14,19H,7-8,11H2,1-2H3/t14-/m1/s1.